The Bertz CT molecular complexity index is 643. The lowest BCUT2D eigenvalue weighted by Crippen LogP contribution is -2.23. The molecule has 3 nitrogen and oxygen atoms in total. The number of hydrogen-bond donors (Lipinski definition) is 0. The Morgan fingerprint density at radius 3 is 2.78 bits per heavy atom. The van der Waals surface area contributed by atoms with Gasteiger partial charge in [0.25, 0.3) is 0 Å². The zero-order valence-corrected chi connectivity index (χ0v) is 11.2. The smallest absolute Gasteiger partial charge is 0.296 e. The molecule has 0 atom stereocenters. The van der Waals surface area contributed by atoms with Gasteiger partial charge in [-0.05, 0) is 30.5 Å². The van der Waals surface area contributed by atoms with Crippen LogP contribution in [0.5, 0.6) is 0 Å². The summed E-state index contributed by atoms with van der Waals surface area (Å²) in [5, 5.41) is 0. The van der Waals surface area contributed by atoms with Crippen LogP contribution in [0.1, 0.15) is 24.4 Å². The first-order chi connectivity index (χ1) is 8.65. The Hall–Kier alpha value is -1.36. The summed E-state index contributed by atoms with van der Waals surface area (Å²) in [7, 11) is 0. The van der Waals surface area contributed by atoms with Crippen LogP contribution in [-0.2, 0) is 6.54 Å². The molecule has 0 amide bonds. The van der Waals surface area contributed by atoms with Crippen molar-refractivity contribution < 1.29 is 4.39 Å². The topological polar surface area (TPSA) is 26.9 Å². The highest BCUT2D eigenvalue weighted by Crippen LogP contribution is 2.33. The van der Waals surface area contributed by atoms with Crippen molar-refractivity contribution in [1.82, 2.24) is 9.13 Å². The van der Waals surface area contributed by atoms with E-state index in [1.807, 2.05) is 6.20 Å². The first-order valence-electron chi connectivity index (χ1n) is 5.86. The normalized spacial score (nSPS) is 15.0. The maximum Gasteiger partial charge on any atom is 0.328 e. The minimum absolute atomic E-state index is 0.00808. The van der Waals surface area contributed by atoms with Crippen LogP contribution in [0.4, 0.5) is 4.39 Å². The number of benzene rings is 1. The number of aromatic nitrogens is 2. The van der Waals surface area contributed by atoms with Crippen molar-refractivity contribution >= 4 is 15.9 Å². The fourth-order valence-electron chi connectivity index (χ4n) is 2.01. The maximum absolute atomic E-state index is 13.0. The second-order valence-electron chi connectivity index (χ2n) is 4.58. The molecule has 0 unspecified atom stereocenters. The Morgan fingerprint density at radius 2 is 2.11 bits per heavy atom. The van der Waals surface area contributed by atoms with E-state index in [-0.39, 0.29) is 11.5 Å². The van der Waals surface area contributed by atoms with E-state index in [9.17, 15) is 9.18 Å². The van der Waals surface area contributed by atoms with Crippen LogP contribution in [0.15, 0.2) is 39.9 Å². The van der Waals surface area contributed by atoms with Gasteiger partial charge >= 0.3 is 5.69 Å². The van der Waals surface area contributed by atoms with Crippen molar-refractivity contribution in [3.63, 3.8) is 0 Å². The molecule has 0 spiro atoms. The van der Waals surface area contributed by atoms with Gasteiger partial charge < -0.3 is 0 Å². The summed E-state index contributed by atoms with van der Waals surface area (Å²) in [6, 6.07) is 4.90. The van der Waals surface area contributed by atoms with Crippen molar-refractivity contribution in [2.75, 3.05) is 0 Å². The van der Waals surface area contributed by atoms with Gasteiger partial charge in [0.15, 0.2) is 0 Å². The molecule has 5 heteroatoms. The van der Waals surface area contributed by atoms with Gasteiger partial charge in [-0.15, -0.1) is 0 Å². The quantitative estimate of drug-likeness (QED) is 0.856. The molecule has 3 rings (SSSR count). The predicted molar refractivity (Wildman–Crippen MR) is 70.2 cm³/mol. The molecule has 1 saturated carbocycles. The molecule has 0 bridgehead atoms. The minimum atomic E-state index is -0.284. The van der Waals surface area contributed by atoms with Crippen LogP contribution in [0, 0.1) is 5.82 Å². The summed E-state index contributed by atoms with van der Waals surface area (Å²) in [6.45, 7) is 0.458. The molecule has 1 aromatic heterocycles. The molecule has 1 heterocycles. The Kier molecular flexibility index (Phi) is 2.86. The molecule has 1 aliphatic rings. The van der Waals surface area contributed by atoms with Gasteiger partial charge in [-0.2, -0.15) is 0 Å². The third-order valence-corrected chi connectivity index (χ3v) is 3.91. The SMILES string of the molecule is O=c1n(Cc2ccc(F)cc2Br)ccn1C1CC1. The van der Waals surface area contributed by atoms with Gasteiger partial charge in [0, 0.05) is 22.9 Å². The van der Waals surface area contributed by atoms with Gasteiger partial charge in [0.1, 0.15) is 5.82 Å². The van der Waals surface area contributed by atoms with Crippen LogP contribution in [0.3, 0.4) is 0 Å². The van der Waals surface area contributed by atoms with E-state index in [0.29, 0.717) is 17.1 Å². The third kappa shape index (κ3) is 2.14. The van der Waals surface area contributed by atoms with E-state index in [1.165, 1.54) is 12.1 Å². The Balaban J connectivity index is 1.90. The van der Waals surface area contributed by atoms with Crippen LogP contribution < -0.4 is 5.69 Å². The summed E-state index contributed by atoms with van der Waals surface area (Å²) < 4.78 is 17.1. The van der Waals surface area contributed by atoms with Crippen LogP contribution in [0.25, 0.3) is 0 Å². The predicted octanol–water partition coefficient (Wildman–Crippen LogP) is 2.93. The molecule has 0 N–H and O–H groups in total. The van der Waals surface area contributed by atoms with E-state index in [2.05, 4.69) is 15.9 Å². The Labute approximate surface area is 112 Å². The molecule has 18 heavy (non-hydrogen) atoms. The molecular weight excluding hydrogens is 299 g/mol. The lowest BCUT2D eigenvalue weighted by atomic mass is 10.2. The van der Waals surface area contributed by atoms with Crippen molar-refractivity contribution in [2.45, 2.75) is 25.4 Å². The monoisotopic (exact) mass is 310 g/mol. The second-order valence-corrected chi connectivity index (χ2v) is 5.44. The number of halogens is 2. The molecule has 1 fully saturated rings. The van der Waals surface area contributed by atoms with Gasteiger partial charge in [-0.3, -0.25) is 9.13 Å². The summed E-state index contributed by atoms with van der Waals surface area (Å²) in [6.07, 6.45) is 5.79. The van der Waals surface area contributed by atoms with Crippen LogP contribution in [-0.4, -0.2) is 9.13 Å². The molecular formula is C13H12BrFN2O. The standard InChI is InChI=1S/C13H12BrFN2O/c14-12-7-10(15)2-1-9(12)8-16-5-6-17(13(16)18)11-3-4-11/h1-2,5-7,11H,3-4,8H2. The van der Waals surface area contributed by atoms with E-state index in [4.69, 9.17) is 0 Å². The third-order valence-electron chi connectivity index (χ3n) is 3.17. The summed E-state index contributed by atoms with van der Waals surface area (Å²) >= 11 is 3.32. The van der Waals surface area contributed by atoms with Gasteiger partial charge in [-0.1, -0.05) is 22.0 Å². The number of hydrogen-bond acceptors (Lipinski definition) is 1. The first-order valence-corrected chi connectivity index (χ1v) is 6.65. The van der Waals surface area contributed by atoms with Crippen LogP contribution in [0.2, 0.25) is 0 Å². The molecule has 1 aliphatic carbocycles. The first kappa shape index (κ1) is 11.7. The molecule has 2 aromatic rings. The summed E-state index contributed by atoms with van der Waals surface area (Å²) in [5.41, 5.74) is 0.903. The zero-order valence-electron chi connectivity index (χ0n) is 9.64. The largest absolute Gasteiger partial charge is 0.328 e. The lowest BCUT2D eigenvalue weighted by molar-refractivity contribution is 0.623. The minimum Gasteiger partial charge on any atom is -0.296 e. The summed E-state index contributed by atoms with van der Waals surface area (Å²) in [5.74, 6) is -0.284. The average Bonchev–Trinajstić information content (AvgIpc) is 3.10. The molecule has 94 valence electrons. The zero-order chi connectivity index (χ0) is 12.7. The number of rotatable bonds is 3. The maximum atomic E-state index is 13.0. The lowest BCUT2D eigenvalue weighted by Gasteiger charge is -2.05. The number of nitrogens with zero attached hydrogens (tertiary/aromatic N) is 2. The van der Waals surface area contributed by atoms with Gasteiger partial charge in [0.2, 0.25) is 0 Å². The van der Waals surface area contributed by atoms with E-state index in [0.717, 1.165) is 18.4 Å². The van der Waals surface area contributed by atoms with Crippen LogP contribution >= 0.6 is 15.9 Å². The highest BCUT2D eigenvalue weighted by molar-refractivity contribution is 9.10. The second kappa shape index (κ2) is 4.39. The highest BCUT2D eigenvalue weighted by atomic mass is 79.9. The fourth-order valence-corrected chi connectivity index (χ4v) is 2.49. The van der Waals surface area contributed by atoms with Crippen molar-refractivity contribution in [1.29, 1.82) is 0 Å². The fraction of sp³-hybridized carbons (Fsp3) is 0.308. The van der Waals surface area contributed by atoms with Crippen molar-refractivity contribution in [3.05, 3.63) is 56.9 Å². The molecule has 0 aliphatic heterocycles. The highest BCUT2D eigenvalue weighted by Gasteiger charge is 2.25. The average molecular weight is 311 g/mol. The van der Waals surface area contributed by atoms with Crippen molar-refractivity contribution in [3.8, 4) is 0 Å². The molecule has 1 aromatic carbocycles. The Morgan fingerprint density at radius 1 is 1.33 bits per heavy atom. The van der Waals surface area contributed by atoms with Gasteiger partial charge in [0.05, 0.1) is 6.54 Å². The number of imidazole rings is 1. The van der Waals surface area contributed by atoms with E-state index in [1.54, 1.807) is 21.4 Å². The van der Waals surface area contributed by atoms with Crippen molar-refractivity contribution in [2.24, 2.45) is 0 Å². The van der Waals surface area contributed by atoms with E-state index >= 15 is 0 Å². The molecule has 0 saturated heterocycles. The van der Waals surface area contributed by atoms with Gasteiger partial charge in [-0.25, -0.2) is 9.18 Å². The van der Waals surface area contributed by atoms with E-state index < -0.39 is 0 Å². The molecule has 0 radical (unpaired) electrons. The summed E-state index contributed by atoms with van der Waals surface area (Å²) in [4.78, 5) is 12.1.